The van der Waals surface area contributed by atoms with Crippen molar-refractivity contribution in [1.29, 1.82) is 0 Å². The molecule has 0 bridgehead atoms. The lowest BCUT2D eigenvalue weighted by atomic mass is 9.96. The molecule has 0 spiro atoms. The van der Waals surface area contributed by atoms with Crippen molar-refractivity contribution < 1.29 is 0 Å². The van der Waals surface area contributed by atoms with Gasteiger partial charge >= 0.3 is 0 Å². The number of hydrogen-bond acceptors (Lipinski definition) is 1. The van der Waals surface area contributed by atoms with Gasteiger partial charge in [0.15, 0.2) is 0 Å². The molecule has 0 atom stereocenters. The van der Waals surface area contributed by atoms with E-state index in [9.17, 15) is 0 Å². The lowest BCUT2D eigenvalue weighted by molar-refractivity contribution is 0.385. The van der Waals surface area contributed by atoms with Crippen molar-refractivity contribution in [2.45, 2.75) is 27.3 Å². The van der Waals surface area contributed by atoms with E-state index in [4.69, 9.17) is 11.6 Å². The molecule has 1 nitrogen and oxygen atoms in total. The average molecular weight is 226 g/mol. The minimum atomic E-state index is 0.172. The molecule has 0 aromatic heterocycles. The molecule has 1 aromatic rings. The zero-order valence-electron chi connectivity index (χ0n) is 9.81. The minimum absolute atomic E-state index is 0.172. The van der Waals surface area contributed by atoms with Crippen molar-refractivity contribution in [2.24, 2.45) is 5.41 Å². The summed E-state index contributed by atoms with van der Waals surface area (Å²) < 4.78 is 0. The van der Waals surface area contributed by atoms with Gasteiger partial charge in [-0.3, -0.25) is 0 Å². The van der Waals surface area contributed by atoms with Gasteiger partial charge in [-0.25, -0.2) is 0 Å². The van der Waals surface area contributed by atoms with Crippen molar-refractivity contribution in [2.75, 3.05) is 12.4 Å². The molecule has 84 valence electrons. The first-order valence-corrected chi connectivity index (χ1v) is 5.89. The molecule has 0 radical (unpaired) electrons. The van der Waals surface area contributed by atoms with Crippen molar-refractivity contribution in [3.05, 3.63) is 35.4 Å². The van der Waals surface area contributed by atoms with Crippen LogP contribution in [-0.4, -0.2) is 12.4 Å². The summed E-state index contributed by atoms with van der Waals surface area (Å²) in [6, 6.07) is 8.57. The normalized spacial score (nSPS) is 11.7. The van der Waals surface area contributed by atoms with Crippen LogP contribution in [0.2, 0.25) is 0 Å². The Balaban J connectivity index is 2.38. The Morgan fingerprint density at radius 3 is 2.67 bits per heavy atom. The third-order valence-corrected chi connectivity index (χ3v) is 3.10. The molecule has 0 aliphatic carbocycles. The summed E-state index contributed by atoms with van der Waals surface area (Å²) in [4.78, 5) is 0. The summed E-state index contributed by atoms with van der Waals surface area (Å²) in [5.74, 6) is 0.688. The van der Waals surface area contributed by atoms with E-state index in [1.54, 1.807) is 0 Å². The lowest BCUT2D eigenvalue weighted by Gasteiger charge is -2.21. The number of nitrogens with one attached hydrogen (secondary N) is 1. The minimum Gasteiger partial charge on any atom is -0.312 e. The topological polar surface area (TPSA) is 12.0 Å². The van der Waals surface area contributed by atoms with Crippen molar-refractivity contribution in [3.8, 4) is 0 Å². The van der Waals surface area contributed by atoms with Crippen LogP contribution in [0.4, 0.5) is 0 Å². The molecule has 1 aromatic carbocycles. The Hall–Kier alpha value is -0.530. The molecule has 15 heavy (non-hydrogen) atoms. The number of halogens is 1. The second-order valence-corrected chi connectivity index (χ2v) is 5.16. The van der Waals surface area contributed by atoms with E-state index in [1.807, 2.05) is 0 Å². The van der Waals surface area contributed by atoms with E-state index in [-0.39, 0.29) is 5.41 Å². The summed E-state index contributed by atoms with van der Waals surface area (Å²) in [6.45, 7) is 8.32. The summed E-state index contributed by atoms with van der Waals surface area (Å²) in [6.07, 6.45) is 0. The van der Waals surface area contributed by atoms with Crippen LogP contribution in [0.3, 0.4) is 0 Å². The van der Waals surface area contributed by atoms with Gasteiger partial charge in [0, 0.05) is 19.0 Å². The third kappa shape index (κ3) is 4.67. The largest absolute Gasteiger partial charge is 0.312 e. The van der Waals surface area contributed by atoms with Crippen LogP contribution in [0.25, 0.3) is 0 Å². The van der Waals surface area contributed by atoms with Gasteiger partial charge in [0.05, 0.1) is 0 Å². The Labute approximate surface area is 97.8 Å². The van der Waals surface area contributed by atoms with Crippen LogP contribution >= 0.6 is 11.6 Å². The van der Waals surface area contributed by atoms with E-state index in [0.29, 0.717) is 5.88 Å². The van der Waals surface area contributed by atoms with Gasteiger partial charge in [-0.05, 0) is 17.9 Å². The van der Waals surface area contributed by atoms with Crippen LogP contribution in [0.15, 0.2) is 24.3 Å². The highest BCUT2D eigenvalue weighted by Crippen LogP contribution is 2.15. The smallest absolute Gasteiger partial charge is 0.0286 e. The Morgan fingerprint density at radius 1 is 1.33 bits per heavy atom. The highest BCUT2D eigenvalue weighted by atomic mass is 35.5. The SMILES string of the molecule is Cc1cccc(CNCC(C)(C)CCl)c1. The van der Waals surface area contributed by atoms with Gasteiger partial charge in [0.2, 0.25) is 0 Å². The number of aryl methyl sites for hydroxylation is 1. The molecular weight excluding hydrogens is 206 g/mol. The number of hydrogen-bond donors (Lipinski definition) is 1. The Bertz CT molecular complexity index is 307. The second kappa shape index (κ2) is 5.53. The fraction of sp³-hybridized carbons (Fsp3) is 0.538. The van der Waals surface area contributed by atoms with E-state index >= 15 is 0 Å². The van der Waals surface area contributed by atoms with E-state index in [1.165, 1.54) is 11.1 Å². The van der Waals surface area contributed by atoms with Gasteiger partial charge in [0.1, 0.15) is 0 Å². The van der Waals surface area contributed by atoms with Gasteiger partial charge in [0.25, 0.3) is 0 Å². The molecule has 1 rings (SSSR count). The standard InChI is InChI=1S/C13H20ClN/c1-11-5-4-6-12(7-11)8-15-10-13(2,3)9-14/h4-7,15H,8-10H2,1-3H3. The summed E-state index contributed by atoms with van der Waals surface area (Å²) in [5.41, 5.74) is 2.82. The predicted molar refractivity (Wildman–Crippen MR) is 67.4 cm³/mol. The first-order chi connectivity index (χ1) is 7.03. The van der Waals surface area contributed by atoms with Crippen LogP contribution in [0, 0.1) is 12.3 Å². The second-order valence-electron chi connectivity index (χ2n) is 4.89. The summed E-state index contributed by atoms with van der Waals surface area (Å²) >= 11 is 5.86. The molecule has 0 fully saturated rings. The van der Waals surface area contributed by atoms with Crippen molar-refractivity contribution in [1.82, 2.24) is 5.32 Å². The zero-order valence-corrected chi connectivity index (χ0v) is 10.6. The molecule has 0 heterocycles. The van der Waals surface area contributed by atoms with Crippen molar-refractivity contribution in [3.63, 3.8) is 0 Å². The number of benzene rings is 1. The molecule has 0 amide bonds. The van der Waals surface area contributed by atoms with Crippen molar-refractivity contribution >= 4 is 11.6 Å². The first kappa shape index (κ1) is 12.5. The van der Waals surface area contributed by atoms with Gasteiger partial charge in [-0.2, -0.15) is 0 Å². The molecule has 0 saturated heterocycles. The maximum atomic E-state index is 5.86. The molecule has 0 saturated carbocycles. The molecule has 0 unspecified atom stereocenters. The quantitative estimate of drug-likeness (QED) is 0.758. The number of rotatable bonds is 5. The monoisotopic (exact) mass is 225 g/mol. The fourth-order valence-electron chi connectivity index (χ4n) is 1.41. The summed E-state index contributed by atoms with van der Waals surface area (Å²) in [7, 11) is 0. The molecule has 0 aliphatic rings. The Kier molecular flexibility index (Phi) is 4.62. The van der Waals surface area contributed by atoms with Crippen LogP contribution in [0.5, 0.6) is 0 Å². The zero-order chi connectivity index (χ0) is 11.3. The first-order valence-electron chi connectivity index (χ1n) is 5.36. The lowest BCUT2D eigenvalue weighted by Crippen LogP contribution is -2.30. The van der Waals surface area contributed by atoms with Gasteiger partial charge in [-0.15, -0.1) is 11.6 Å². The predicted octanol–water partition coefficient (Wildman–Crippen LogP) is 3.35. The van der Waals surface area contributed by atoms with Crippen LogP contribution in [-0.2, 0) is 6.54 Å². The van der Waals surface area contributed by atoms with Crippen LogP contribution < -0.4 is 5.32 Å². The highest BCUT2D eigenvalue weighted by molar-refractivity contribution is 6.18. The fourth-order valence-corrected chi connectivity index (χ4v) is 1.51. The summed E-state index contributed by atoms with van der Waals surface area (Å²) in [5, 5.41) is 3.44. The van der Waals surface area contributed by atoms with Crippen LogP contribution in [0.1, 0.15) is 25.0 Å². The van der Waals surface area contributed by atoms with E-state index in [2.05, 4.69) is 50.4 Å². The van der Waals surface area contributed by atoms with Gasteiger partial charge < -0.3 is 5.32 Å². The third-order valence-electron chi connectivity index (χ3n) is 2.38. The molecular formula is C13H20ClN. The molecule has 1 N–H and O–H groups in total. The highest BCUT2D eigenvalue weighted by Gasteiger charge is 2.15. The molecule has 2 heteroatoms. The number of alkyl halides is 1. The van der Waals surface area contributed by atoms with Gasteiger partial charge in [-0.1, -0.05) is 43.7 Å². The Morgan fingerprint density at radius 2 is 2.07 bits per heavy atom. The van der Waals surface area contributed by atoms with E-state index in [0.717, 1.165) is 13.1 Å². The average Bonchev–Trinajstić information content (AvgIpc) is 2.18. The van der Waals surface area contributed by atoms with E-state index < -0.39 is 0 Å². The maximum Gasteiger partial charge on any atom is 0.0286 e. The molecule has 0 aliphatic heterocycles. The maximum absolute atomic E-state index is 5.86.